The summed E-state index contributed by atoms with van der Waals surface area (Å²) in [5.41, 5.74) is 0.598. The molecule has 1 aromatic carbocycles. The normalized spacial score (nSPS) is 12.2. The molecule has 2 aromatic rings. The quantitative estimate of drug-likeness (QED) is 0.504. The Morgan fingerprint density at radius 2 is 1.81 bits per heavy atom. The van der Waals surface area contributed by atoms with E-state index in [-0.39, 0.29) is 23.6 Å². The number of esters is 1. The van der Waals surface area contributed by atoms with Gasteiger partial charge in [-0.2, -0.15) is 9.57 Å². The van der Waals surface area contributed by atoms with Crippen LogP contribution in [0.1, 0.15) is 37.7 Å². The zero-order valence-corrected chi connectivity index (χ0v) is 19.5. The fourth-order valence-corrected chi connectivity index (χ4v) is 4.75. The summed E-state index contributed by atoms with van der Waals surface area (Å²) in [5, 5.41) is 8.92. The number of amides is 1. The van der Waals surface area contributed by atoms with E-state index in [1.165, 1.54) is 40.0 Å². The maximum atomic E-state index is 13.0. The van der Waals surface area contributed by atoms with Crippen molar-refractivity contribution in [2.45, 2.75) is 38.2 Å². The van der Waals surface area contributed by atoms with E-state index in [4.69, 9.17) is 10.00 Å². The smallest absolute Gasteiger partial charge is 0.355 e. The molecule has 0 unspecified atom stereocenters. The molecule has 10 heteroatoms. The Labute approximate surface area is 188 Å². The van der Waals surface area contributed by atoms with Crippen LogP contribution in [0.25, 0.3) is 0 Å². The second-order valence-electron chi connectivity index (χ2n) is 7.04. The summed E-state index contributed by atoms with van der Waals surface area (Å²) in [6, 6.07) is 12.0. The largest absolute Gasteiger partial charge is 0.448 e. The van der Waals surface area contributed by atoms with Crippen LogP contribution in [0.3, 0.4) is 0 Å². The van der Waals surface area contributed by atoms with Gasteiger partial charge in [0, 0.05) is 38.6 Å². The second-order valence-corrected chi connectivity index (χ2v) is 8.98. The molecule has 0 fully saturated rings. The minimum absolute atomic E-state index is 0.0127. The predicted octanol–water partition coefficient (Wildman–Crippen LogP) is 2.55. The molecule has 0 N–H and O–H groups in total. The van der Waals surface area contributed by atoms with Crippen molar-refractivity contribution in [2.24, 2.45) is 7.05 Å². The van der Waals surface area contributed by atoms with Crippen LogP contribution in [0.2, 0.25) is 0 Å². The molecule has 0 spiro atoms. The number of nitriles is 1. The van der Waals surface area contributed by atoms with Crippen LogP contribution in [-0.2, 0) is 26.6 Å². The van der Waals surface area contributed by atoms with Gasteiger partial charge < -0.3 is 14.2 Å². The number of benzene rings is 1. The van der Waals surface area contributed by atoms with Crippen LogP contribution in [0.5, 0.6) is 0 Å². The molecule has 0 aliphatic carbocycles. The van der Waals surface area contributed by atoms with Gasteiger partial charge in [-0.15, -0.1) is 0 Å². The number of hydrogen-bond acceptors (Lipinski definition) is 6. The summed E-state index contributed by atoms with van der Waals surface area (Å²) >= 11 is 0. The lowest BCUT2D eigenvalue weighted by atomic mass is 10.2. The fraction of sp³-hybridized carbons (Fsp3) is 0.409. The van der Waals surface area contributed by atoms with Crippen molar-refractivity contribution in [3.63, 3.8) is 0 Å². The molecule has 0 aliphatic rings. The number of rotatable bonds is 10. The van der Waals surface area contributed by atoms with Gasteiger partial charge in [-0.1, -0.05) is 32.0 Å². The number of nitrogens with zero attached hydrogens (tertiary/aromatic N) is 4. The first-order chi connectivity index (χ1) is 15.2. The molecule has 172 valence electrons. The van der Waals surface area contributed by atoms with Crippen LogP contribution in [0.15, 0.2) is 47.5 Å². The van der Waals surface area contributed by atoms with Gasteiger partial charge >= 0.3 is 5.97 Å². The zero-order valence-electron chi connectivity index (χ0n) is 18.7. The average Bonchev–Trinajstić information content (AvgIpc) is 3.18. The highest BCUT2D eigenvalue weighted by Gasteiger charge is 2.29. The monoisotopic (exact) mass is 460 g/mol. The van der Waals surface area contributed by atoms with Gasteiger partial charge in [-0.25, -0.2) is 13.2 Å². The van der Waals surface area contributed by atoms with Crippen LogP contribution >= 0.6 is 0 Å². The predicted molar refractivity (Wildman–Crippen MR) is 119 cm³/mol. The third kappa shape index (κ3) is 5.55. The molecule has 32 heavy (non-hydrogen) atoms. The Morgan fingerprint density at radius 3 is 2.38 bits per heavy atom. The Balaban J connectivity index is 2.22. The molecule has 0 bridgehead atoms. The molecule has 9 nitrogen and oxygen atoms in total. The molecule has 0 aliphatic heterocycles. The highest BCUT2D eigenvalue weighted by atomic mass is 32.2. The number of carbonyl (C=O) groups excluding carboxylic acids is 2. The Bertz CT molecular complexity index is 1090. The second kappa shape index (κ2) is 10.9. The van der Waals surface area contributed by atoms with Crippen molar-refractivity contribution in [1.29, 1.82) is 5.26 Å². The standard InChI is InChI=1S/C22H28N4O5S/c1-5-25(6-2)32(29,30)19-15-20(24(4)16-19)22(28)31-17(3)21(27)26(14-10-13-23)18-11-8-7-9-12-18/h7-9,11-12,15-17H,5-6,10,14H2,1-4H3/t17-/m1/s1. The van der Waals surface area contributed by atoms with Crippen LogP contribution < -0.4 is 4.90 Å². The van der Waals surface area contributed by atoms with E-state index in [1.54, 1.807) is 44.2 Å². The topological polar surface area (TPSA) is 113 Å². The van der Waals surface area contributed by atoms with E-state index in [1.807, 2.05) is 6.07 Å². The van der Waals surface area contributed by atoms with E-state index >= 15 is 0 Å². The lowest BCUT2D eigenvalue weighted by molar-refractivity contribution is -0.126. The molecule has 0 saturated carbocycles. The van der Waals surface area contributed by atoms with E-state index in [2.05, 4.69) is 0 Å². The molecule has 0 radical (unpaired) electrons. The molecule has 1 heterocycles. The summed E-state index contributed by atoms with van der Waals surface area (Å²) in [5.74, 6) is -1.30. The maximum absolute atomic E-state index is 13.0. The minimum atomic E-state index is -3.74. The third-order valence-corrected chi connectivity index (χ3v) is 6.96. The van der Waals surface area contributed by atoms with Gasteiger partial charge in [0.2, 0.25) is 10.0 Å². The Morgan fingerprint density at radius 1 is 1.19 bits per heavy atom. The van der Waals surface area contributed by atoms with Gasteiger partial charge in [0.25, 0.3) is 5.91 Å². The first-order valence-corrected chi connectivity index (χ1v) is 11.7. The number of hydrogen-bond donors (Lipinski definition) is 0. The van der Waals surface area contributed by atoms with Gasteiger partial charge in [-0.05, 0) is 25.1 Å². The number of carbonyl (C=O) groups is 2. The van der Waals surface area contributed by atoms with Crippen LogP contribution in [-0.4, -0.2) is 54.9 Å². The van der Waals surface area contributed by atoms with Gasteiger partial charge in [-0.3, -0.25) is 4.79 Å². The van der Waals surface area contributed by atoms with E-state index in [9.17, 15) is 18.0 Å². The Kier molecular flexibility index (Phi) is 8.57. The van der Waals surface area contributed by atoms with Gasteiger partial charge in [0.1, 0.15) is 10.6 Å². The minimum Gasteiger partial charge on any atom is -0.448 e. The molecule has 0 saturated heterocycles. The average molecular weight is 461 g/mol. The van der Waals surface area contributed by atoms with E-state index in [0.717, 1.165) is 0 Å². The molecule has 1 amide bonds. The fourth-order valence-electron chi connectivity index (χ4n) is 3.22. The number of para-hydroxylation sites is 1. The van der Waals surface area contributed by atoms with Crippen LogP contribution in [0, 0.1) is 11.3 Å². The summed E-state index contributed by atoms with van der Waals surface area (Å²) < 4.78 is 33.5. The number of ether oxygens (including phenoxy) is 1. The molecule has 1 aromatic heterocycles. The highest BCUT2D eigenvalue weighted by Crippen LogP contribution is 2.20. The SMILES string of the molecule is CCN(CC)S(=O)(=O)c1cc(C(=O)O[C@H](C)C(=O)N(CCC#N)c2ccccc2)n(C)c1. The van der Waals surface area contributed by atoms with Gasteiger partial charge in [0.15, 0.2) is 6.10 Å². The van der Waals surface area contributed by atoms with Crippen LogP contribution in [0.4, 0.5) is 5.69 Å². The van der Waals surface area contributed by atoms with Gasteiger partial charge in [0.05, 0.1) is 12.5 Å². The van der Waals surface area contributed by atoms with Crippen molar-refractivity contribution in [1.82, 2.24) is 8.87 Å². The zero-order chi connectivity index (χ0) is 23.9. The first-order valence-electron chi connectivity index (χ1n) is 10.3. The molecule has 2 rings (SSSR count). The van der Waals surface area contributed by atoms with Crippen molar-refractivity contribution in [3.05, 3.63) is 48.3 Å². The summed E-state index contributed by atoms with van der Waals surface area (Å²) in [6.45, 7) is 5.67. The highest BCUT2D eigenvalue weighted by molar-refractivity contribution is 7.89. The first kappa shape index (κ1) is 25.1. The maximum Gasteiger partial charge on any atom is 0.355 e. The molecule has 1 atom stereocenters. The molecular weight excluding hydrogens is 432 g/mol. The number of aromatic nitrogens is 1. The van der Waals surface area contributed by atoms with Crippen molar-refractivity contribution >= 4 is 27.6 Å². The van der Waals surface area contributed by atoms with E-state index in [0.29, 0.717) is 18.8 Å². The van der Waals surface area contributed by atoms with Crippen molar-refractivity contribution < 1.29 is 22.7 Å². The van der Waals surface area contributed by atoms with E-state index < -0.39 is 28.0 Å². The van der Waals surface area contributed by atoms with Crippen molar-refractivity contribution in [2.75, 3.05) is 24.5 Å². The summed E-state index contributed by atoms with van der Waals surface area (Å²) in [7, 11) is -2.21. The van der Waals surface area contributed by atoms with Crippen molar-refractivity contribution in [3.8, 4) is 6.07 Å². The number of aryl methyl sites for hydroxylation is 1. The Hall–Kier alpha value is -3.16. The summed E-state index contributed by atoms with van der Waals surface area (Å²) in [4.78, 5) is 27.1. The summed E-state index contributed by atoms with van der Waals surface area (Å²) in [6.07, 6.45) is 0.324. The number of anilines is 1. The number of sulfonamides is 1. The third-order valence-electron chi connectivity index (χ3n) is 4.94. The lowest BCUT2D eigenvalue weighted by Crippen LogP contribution is -2.40. The lowest BCUT2D eigenvalue weighted by Gasteiger charge is -2.25. The molecular formula is C22H28N4O5S.